The molecule has 1 heterocycles. The Balaban J connectivity index is 2.66. The van der Waals surface area contributed by atoms with Crippen molar-refractivity contribution in [3.63, 3.8) is 0 Å². The summed E-state index contributed by atoms with van der Waals surface area (Å²) in [4.78, 5) is 13.5. The molecular formula is C11H8F3NO4S. The number of halogens is 3. The number of aromatic nitrogens is 1. The number of H-pyrrole nitrogens is 1. The van der Waals surface area contributed by atoms with Crippen molar-refractivity contribution < 1.29 is 25.8 Å². The van der Waals surface area contributed by atoms with Crippen LogP contribution in [0, 0.1) is 6.92 Å². The summed E-state index contributed by atoms with van der Waals surface area (Å²) >= 11 is 0. The molecule has 0 amide bonds. The van der Waals surface area contributed by atoms with Gasteiger partial charge in [0.1, 0.15) is 0 Å². The van der Waals surface area contributed by atoms with Gasteiger partial charge in [-0.05, 0) is 24.6 Å². The number of benzene rings is 1. The van der Waals surface area contributed by atoms with E-state index >= 15 is 0 Å². The van der Waals surface area contributed by atoms with Gasteiger partial charge >= 0.3 is 15.6 Å². The van der Waals surface area contributed by atoms with Crippen molar-refractivity contribution in [2.24, 2.45) is 0 Å². The van der Waals surface area contributed by atoms with Crippen LogP contribution in [0.1, 0.15) is 5.56 Å². The third-order valence-corrected chi connectivity index (χ3v) is 3.48. The number of hydrogen-bond donors (Lipinski definition) is 1. The summed E-state index contributed by atoms with van der Waals surface area (Å²) in [6.45, 7) is 1.39. The summed E-state index contributed by atoms with van der Waals surface area (Å²) in [5.74, 6) is -0.462. The summed E-state index contributed by atoms with van der Waals surface area (Å²) in [5.41, 5.74) is -5.62. The Morgan fingerprint density at radius 2 is 1.80 bits per heavy atom. The maximum Gasteiger partial charge on any atom is 0.534 e. The number of aromatic amines is 1. The van der Waals surface area contributed by atoms with Crippen LogP contribution in [0.2, 0.25) is 0 Å². The molecule has 0 bridgehead atoms. The van der Waals surface area contributed by atoms with Crippen LogP contribution in [0.25, 0.3) is 10.9 Å². The van der Waals surface area contributed by atoms with E-state index in [1.807, 2.05) is 0 Å². The Hall–Kier alpha value is -2.03. The highest BCUT2D eigenvalue weighted by Gasteiger charge is 2.48. The van der Waals surface area contributed by atoms with Crippen molar-refractivity contribution in [3.05, 3.63) is 40.2 Å². The lowest BCUT2D eigenvalue weighted by Crippen LogP contribution is -2.28. The predicted molar refractivity (Wildman–Crippen MR) is 64.9 cm³/mol. The van der Waals surface area contributed by atoms with E-state index in [0.29, 0.717) is 0 Å². The molecule has 0 atom stereocenters. The lowest BCUT2D eigenvalue weighted by Gasteiger charge is -2.13. The van der Waals surface area contributed by atoms with Crippen LogP contribution in [-0.2, 0) is 10.1 Å². The van der Waals surface area contributed by atoms with Crippen LogP contribution in [0.4, 0.5) is 13.2 Å². The van der Waals surface area contributed by atoms with Crippen LogP contribution in [0.5, 0.6) is 5.75 Å². The van der Waals surface area contributed by atoms with E-state index in [2.05, 4.69) is 9.17 Å². The molecule has 0 unspecified atom stereocenters. The molecule has 2 aromatic rings. The van der Waals surface area contributed by atoms with Crippen molar-refractivity contribution in [1.82, 2.24) is 4.98 Å². The van der Waals surface area contributed by atoms with Crippen LogP contribution in [0.3, 0.4) is 0 Å². The number of hydrogen-bond acceptors (Lipinski definition) is 4. The minimum Gasteiger partial charge on any atom is -0.375 e. The molecule has 0 aliphatic carbocycles. The Morgan fingerprint density at radius 1 is 1.15 bits per heavy atom. The van der Waals surface area contributed by atoms with Gasteiger partial charge in [0.2, 0.25) is 5.56 Å². The Bertz CT molecular complexity index is 824. The second-order valence-electron chi connectivity index (χ2n) is 3.98. The van der Waals surface area contributed by atoms with Gasteiger partial charge in [0.15, 0.2) is 5.75 Å². The van der Waals surface area contributed by atoms with E-state index in [4.69, 9.17) is 0 Å². The van der Waals surface area contributed by atoms with E-state index in [0.717, 1.165) is 6.07 Å². The number of nitrogens with one attached hydrogen (secondary N) is 1. The number of pyridine rings is 1. The molecule has 5 nitrogen and oxygen atoms in total. The predicted octanol–water partition coefficient (Wildman–Crippen LogP) is 2.06. The van der Waals surface area contributed by atoms with Crippen LogP contribution >= 0.6 is 0 Å². The van der Waals surface area contributed by atoms with Crippen LogP contribution in [-0.4, -0.2) is 18.9 Å². The smallest absolute Gasteiger partial charge is 0.375 e. The van der Waals surface area contributed by atoms with Crippen molar-refractivity contribution in [2.75, 3.05) is 0 Å². The fourth-order valence-corrected chi connectivity index (χ4v) is 2.12. The quantitative estimate of drug-likeness (QED) is 0.680. The number of fused-ring (bicyclic) bond motifs is 1. The SMILES string of the molecule is Cc1ccc2[nH]c(=O)ccc2c1OS(=O)(=O)C(F)(F)F. The van der Waals surface area contributed by atoms with Crippen LogP contribution < -0.4 is 9.74 Å². The molecule has 0 spiro atoms. The minimum atomic E-state index is -5.77. The second-order valence-corrected chi connectivity index (χ2v) is 5.52. The number of aryl methyl sites for hydroxylation is 1. The Kier molecular flexibility index (Phi) is 3.24. The van der Waals surface area contributed by atoms with Gasteiger partial charge in [-0.3, -0.25) is 4.79 Å². The van der Waals surface area contributed by atoms with Crippen molar-refractivity contribution in [2.45, 2.75) is 12.4 Å². The lowest BCUT2D eigenvalue weighted by molar-refractivity contribution is -0.0499. The summed E-state index contributed by atoms with van der Waals surface area (Å²) in [6, 6.07) is 5.05. The fourth-order valence-electron chi connectivity index (χ4n) is 1.58. The normalized spacial score (nSPS) is 12.6. The monoisotopic (exact) mass is 307 g/mol. The standard InChI is InChI=1S/C11H8F3NO4S/c1-6-2-4-8-7(3-5-9(16)15-8)10(6)19-20(17,18)11(12,13)14/h2-5H,1H3,(H,15,16). The van der Waals surface area contributed by atoms with Gasteiger partial charge in [-0.1, -0.05) is 6.07 Å². The summed E-state index contributed by atoms with van der Waals surface area (Å²) in [7, 11) is -5.77. The first kappa shape index (κ1) is 14.4. The molecule has 2 rings (SSSR count). The molecule has 0 fully saturated rings. The molecule has 0 aliphatic heterocycles. The highest BCUT2D eigenvalue weighted by molar-refractivity contribution is 7.88. The largest absolute Gasteiger partial charge is 0.534 e. The first-order valence-corrected chi connectivity index (χ1v) is 6.66. The van der Waals surface area contributed by atoms with Crippen molar-refractivity contribution in [3.8, 4) is 5.75 Å². The molecule has 0 saturated carbocycles. The van der Waals surface area contributed by atoms with Gasteiger partial charge in [-0.15, -0.1) is 0 Å². The van der Waals surface area contributed by atoms with Gasteiger partial charge in [0, 0.05) is 11.5 Å². The zero-order chi connectivity index (χ0) is 15.1. The second kappa shape index (κ2) is 4.51. The molecule has 108 valence electrons. The zero-order valence-electron chi connectivity index (χ0n) is 9.98. The third kappa shape index (κ3) is 2.48. The highest BCUT2D eigenvalue weighted by Crippen LogP contribution is 2.33. The summed E-state index contributed by atoms with van der Waals surface area (Å²) < 4.78 is 63.3. The average molecular weight is 307 g/mol. The molecular weight excluding hydrogens is 299 g/mol. The molecule has 1 N–H and O–H groups in total. The van der Waals surface area contributed by atoms with Crippen molar-refractivity contribution in [1.29, 1.82) is 0 Å². The van der Waals surface area contributed by atoms with E-state index in [1.165, 1.54) is 25.1 Å². The molecule has 0 saturated heterocycles. The molecule has 0 radical (unpaired) electrons. The summed E-state index contributed by atoms with van der Waals surface area (Å²) in [6.07, 6.45) is 0. The Labute approximate surface area is 111 Å². The number of alkyl halides is 3. The highest BCUT2D eigenvalue weighted by atomic mass is 32.2. The van der Waals surface area contributed by atoms with Gasteiger partial charge in [0.25, 0.3) is 0 Å². The van der Waals surface area contributed by atoms with Crippen LogP contribution in [0.15, 0.2) is 29.1 Å². The molecule has 0 aliphatic rings. The van der Waals surface area contributed by atoms with Gasteiger partial charge < -0.3 is 9.17 Å². The van der Waals surface area contributed by atoms with Crippen molar-refractivity contribution >= 4 is 21.0 Å². The molecule has 1 aromatic heterocycles. The van der Waals surface area contributed by atoms with E-state index in [-0.39, 0.29) is 16.5 Å². The Morgan fingerprint density at radius 3 is 2.40 bits per heavy atom. The third-order valence-electron chi connectivity index (χ3n) is 2.53. The average Bonchev–Trinajstić information content (AvgIpc) is 2.31. The minimum absolute atomic E-state index is 0.0671. The number of rotatable bonds is 2. The van der Waals surface area contributed by atoms with E-state index in [9.17, 15) is 26.4 Å². The molecule has 9 heteroatoms. The van der Waals surface area contributed by atoms with E-state index < -0.39 is 26.9 Å². The maximum atomic E-state index is 12.3. The zero-order valence-corrected chi connectivity index (χ0v) is 10.8. The van der Waals surface area contributed by atoms with Gasteiger partial charge in [-0.2, -0.15) is 21.6 Å². The van der Waals surface area contributed by atoms with Gasteiger partial charge in [0.05, 0.1) is 5.52 Å². The first-order valence-electron chi connectivity index (χ1n) is 5.25. The summed E-state index contributed by atoms with van der Waals surface area (Å²) in [5, 5.41) is 0.0671. The van der Waals surface area contributed by atoms with E-state index in [1.54, 1.807) is 0 Å². The topological polar surface area (TPSA) is 76.2 Å². The molecule has 20 heavy (non-hydrogen) atoms. The fraction of sp³-hybridized carbons (Fsp3) is 0.182. The first-order chi connectivity index (χ1) is 9.12. The maximum absolute atomic E-state index is 12.3. The lowest BCUT2D eigenvalue weighted by atomic mass is 10.1. The molecule has 1 aromatic carbocycles. The van der Waals surface area contributed by atoms with Gasteiger partial charge in [-0.25, -0.2) is 0 Å².